The summed E-state index contributed by atoms with van der Waals surface area (Å²) in [5.41, 5.74) is 0. The Bertz CT molecular complexity index is 450. The molecule has 0 unspecified atom stereocenters. The van der Waals surface area contributed by atoms with Gasteiger partial charge in [0.25, 0.3) is 5.91 Å². The zero-order chi connectivity index (χ0) is 16.0. The predicted molar refractivity (Wildman–Crippen MR) is 87.8 cm³/mol. The van der Waals surface area contributed by atoms with Crippen molar-refractivity contribution < 1.29 is 9.53 Å². The van der Waals surface area contributed by atoms with Crippen molar-refractivity contribution in [2.75, 3.05) is 13.1 Å². The zero-order valence-electron chi connectivity index (χ0n) is 13.6. The van der Waals surface area contributed by atoms with Gasteiger partial charge in [-0.3, -0.25) is 4.79 Å². The smallest absolute Gasteiger partial charge is 0.263 e. The molecule has 118 valence electrons. The molecule has 1 amide bonds. The molecule has 1 atom stereocenters. The van der Waals surface area contributed by atoms with Gasteiger partial charge in [-0.15, -0.1) is 0 Å². The second kappa shape index (κ2) is 8.28. The molecule has 0 spiro atoms. The molecule has 0 bridgehead atoms. The number of hydrogen-bond acceptors (Lipinski definition) is 2. The van der Waals surface area contributed by atoms with Crippen LogP contribution in [-0.2, 0) is 4.79 Å². The molecule has 3 nitrogen and oxygen atoms in total. The summed E-state index contributed by atoms with van der Waals surface area (Å²) in [6, 6.07) is 7.13. The maximum absolute atomic E-state index is 12.6. The van der Waals surface area contributed by atoms with Crippen LogP contribution in [0.5, 0.6) is 5.75 Å². The summed E-state index contributed by atoms with van der Waals surface area (Å²) in [5, 5.41) is 0.605. The lowest BCUT2D eigenvalue weighted by Crippen LogP contribution is -2.44. The summed E-state index contributed by atoms with van der Waals surface area (Å²) in [6.07, 6.45) is -0.513. The monoisotopic (exact) mass is 311 g/mol. The molecule has 0 N–H and O–H groups in total. The van der Waals surface area contributed by atoms with Crippen molar-refractivity contribution in [2.24, 2.45) is 11.8 Å². The normalized spacial score (nSPS) is 12.6. The minimum atomic E-state index is -0.513. The molecule has 1 rings (SSSR count). The lowest BCUT2D eigenvalue weighted by molar-refractivity contribution is -0.139. The van der Waals surface area contributed by atoms with Crippen LogP contribution in [0.25, 0.3) is 0 Å². The van der Waals surface area contributed by atoms with Gasteiger partial charge < -0.3 is 9.64 Å². The van der Waals surface area contributed by atoms with Gasteiger partial charge in [-0.05, 0) is 37.0 Å². The van der Waals surface area contributed by atoms with Gasteiger partial charge >= 0.3 is 0 Å². The molecule has 0 saturated heterocycles. The molecule has 0 aromatic heterocycles. The first-order valence-corrected chi connectivity index (χ1v) is 7.88. The summed E-state index contributed by atoms with van der Waals surface area (Å²) < 4.78 is 5.73. The van der Waals surface area contributed by atoms with E-state index in [0.717, 1.165) is 13.1 Å². The predicted octanol–water partition coefficient (Wildman–Crippen LogP) is 4.25. The summed E-state index contributed by atoms with van der Waals surface area (Å²) in [6.45, 7) is 11.7. The number of ether oxygens (including phenoxy) is 1. The molecule has 0 saturated carbocycles. The maximum atomic E-state index is 12.6. The van der Waals surface area contributed by atoms with Crippen molar-refractivity contribution in [2.45, 2.75) is 40.7 Å². The highest BCUT2D eigenvalue weighted by atomic mass is 35.5. The van der Waals surface area contributed by atoms with Gasteiger partial charge in [0.2, 0.25) is 0 Å². The largest absolute Gasteiger partial charge is 0.481 e. The SMILES string of the molecule is CC(C)CN(CC(C)C)C(=O)[C@@H](C)Oc1cccc(Cl)c1. The van der Waals surface area contributed by atoms with E-state index in [0.29, 0.717) is 22.6 Å². The van der Waals surface area contributed by atoms with E-state index >= 15 is 0 Å². The van der Waals surface area contributed by atoms with Gasteiger partial charge in [0, 0.05) is 18.1 Å². The van der Waals surface area contributed by atoms with E-state index in [2.05, 4.69) is 27.7 Å². The molecule has 0 aliphatic rings. The molecule has 0 heterocycles. The van der Waals surface area contributed by atoms with Gasteiger partial charge in [0.05, 0.1) is 0 Å². The van der Waals surface area contributed by atoms with E-state index in [4.69, 9.17) is 16.3 Å². The molecule has 0 radical (unpaired) electrons. The van der Waals surface area contributed by atoms with E-state index in [1.54, 1.807) is 19.1 Å². The molecule has 0 fully saturated rings. The van der Waals surface area contributed by atoms with Crippen LogP contribution < -0.4 is 4.74 Å². The van der Waals surface area contributed by atoms with Crippen LogP contribution in [0.4, 0.5) is 0 Å². The summed E-state index contributed by atoms with van der Waals surface area (Å²) >= 11 is 5.93. The Balaban J connectivity index is 2.72. The molecule has 0 aliphatic carbocycles. The van der Waals surface area contributed by atoms with Crippen molar-refractivity contribution in [1.82, 2.24) is 4.90 Å². The molecular formula is C17H26ClNO2. The minimum absolute atomic E-state index is 0.0253. The average Bonchev–Trinajstić information content (AvgIpc) is 2.35. The number of nitrogens with zero attached hydrogens (tertiary/aromatic N) is 1. The number of carbonyl (C=O) groups is 1. The van der Waals surface area contributed by atoms with Crippen molar-refractivity contribution in [3.05, 3.63) is 29.3 Å². The number of rotatable bonds is 7. The van der Waals surface area contributed by atoms with Gasteiger partial charge in [0.1, 0.15) is 5.75 Å². The first-order chi connectivity index (χ1) is 9.79. The van der Waals surface area contributed by atoms with Crippen LogP contribution >= 0.6 is 11.6 Å². The van der Waals surface area contributed by atoms with Crippen molar-refractivity contribution in [3.63, 3.8) is 0 Å². The van der Waals surface area contributed by atoms with Gasteiger partial charge in [-0.1, -0.05) is 45.4 Å². The van der Waals surface area contributed by atoms with E-state index in [1.165, 1.54) is 0 Å². The van der Waals surface area contributed by atoms with E-state index in [1.807, 2.05) is 17.0 Å². The molecule has 1 aromatic carbocycles. The maximum Gasteiger partial charge on any atom is 0.263 e. The summed E-state index contributed by atoms with van der Waals surface area (Å²) in [4.78, 5) is 14.5. The molecule has 4 heteroatoms. The highest BCUT2D eigenvalue weighted by molar-refractivity contribution is 6.30. The average molecular weight is 312 g/mol. The quantitative estimate of drug-likeness (QED) is 0.753. The van der Waals surface area contributed by atoms with Crippen LogP contribution in [0.2, 0.25) is 5.02 Å². The molecular weight excluding hydrogens is 286 g/mol. The van der Waals surface area contributed by atoms with Crippen LogP contribution in [-0.4, -0.2) is 30.0 Å². The number of benzene rings is 1. The Morgan fingerprint density at radius 2 is 1.71 bits per heavy atom. The number of carbonyl (C=O) groups excluding carboxylic acids is 1. The Morgan fingerprint density at radius 1 is 1.14 bits per heavy atom. The topological polar surface area (TPSA) is 29.5 Å². The summed E-state index contributed by atoms with van der Waals surface area (Å²) in [5.74, 6) is 1.52. The number of halogens is 1. The molecule has 0 aliphatic heterocycles. The highest BCUT2D eigenvalue weighted by Crippen LogP contribution is 2.19. The Morgan fingerprint density at radius 3 is 2.19 bits per heavy atom. The van der Waals surface area contributed by atoms with Crippen LogP contribution in [0.3, 0.4) is 0 Å². The van der Waals surface area contributed by atoms with Crippen molar-refractivity contribution in [1.29, 1.82) is 0 Å². The standard InChI is InChI=1S/C17H26ClNO2/c1-12(2)10-19(11-13(3)4)17(20)14(5)21-16-8-6-7-15(18)9-16/h6-9,12-14H,10-11H2,1-5H3/t14-/m1/s1. The van der Waals surface area contributed by atoms with Crippen LogP contribution in [0, 0.1) is 11.8 Å². The van der Waals surface area contributed by atoms with E-state index in [9.17, 15) is 4.79 Å². The number of amides is 1. The lowest BCUT2D eigenvalue weighted by Gasteiger charge is -2.29. The fourth-order valence-electron chi connectivity index (χ4n) is 2.19. The second-order valence-electron chi connectivity index (χ2n) is 6.25. The fourth-order valence-corrected chi connectivity index (χ4v) is 2.37. The Kier molecular flexibility index (Phi) is 7.03. The van der Waals surface area contributed by atoms with E-state index in [-0.39, 0.29) is 5.91 Å². The number of hydrogen-bond donors (Lipinski definition) is 0. The fraction of sp³-hybridized carbons (Fsp3) is 0.588. The Hall–Kier alpha value is -1.22. The molecule has 21 heavy (non-hydrogen) atoms. The minimum Gasteiger partial charge on any atom is -0.481 e. The lowest BCUT2D eigenvalue weighted by atomic mass is 10.1. The third-order valence-electron chi connectivity index (χ3n) is 2.94. The first kappa shape index (κ1) is 17.8. The first-order valence-electron chi connectivity index (χ1n) is 7.50. The van der Waals surface area contributed by atoms with Gasteiger partial charge in [0.15, 0.2) is 6.10 Å². The van der Waals surface area contributed by atoms with Gasteiger partial charge in [-0.25, -0.2) is 0 Å². The van der Waals surface area contributed by atoms with Gasteiger partial charge in [-0.2, -0.15) is 0 Å². The Labute approximate surface area is 133 Å². The zero-order valence-corrected chi connectivity index (χ0v) is 14.4. The summed E-state index contributed by atoms with van der Waals surface area (Å²) in [7, 11) is 0. The second-order valence-corrected chi connectivity index (χ2v) is 6.68. The third kappa shape index (κ3) is 6.38. The third-order valence-corrected chi connectivity index (χ3v) is 3.17. The highest BCUT2D eigenvalue weighted by Gasteiger charge is 2.23. The van der Waals surface area contributed by atoms with Crippen LogP contribution in [0.1, 0.15) is 34.6 Å². The van der Waals surface area contributed by atoms with Crippen LogP contribution in [0.15, 0.2) is 24.3 Å². The molecule has 1 aromatic rings. The van der Waals surface area contributed by atoms with Crippen molar-refractivity contribution in [3.8, 4) is 5.75 Å². The van der Waals surface area contributed by atoms with E-state index < -0.39 is 6.10 Å². The van der Waals surface area contributed by atoms with Crippen molar-refractivity contribution >= 4 is 17.5 Å².